The van der Waals surface area contributed by atoms with Crippen LogP contribution in [-0.4, -0.2) is 15.2 Å². The third kappa shape index (κ3) is 2.96. The molecule has 1 aromatic carbocycles. The monoisotopic (exact) mass is 392 g/mol. The first kappa shape index (κ1) is 16.1. The molecule has 0 spiro atoms. The van der Waals surface area contributed by atoms with E-state index >= 15 is 0 Å². The number of carbonyl (C=O) groups excluding carboxylic acids is 1. The van der Waals surface area contributed by atoms with Crippen molar-refractivity contribution in [1.29, 1.82) is 0 Å². The first-order valence-corrected chi connectivity index (χ1v) is 9.37. The zero-order valence-electron chi connectivity index (χ0n) is 13.5. The molecule has 4 fully saturated rings. The van der Waals surface area contributed by atoms with E-state index in [1.54, 1.807) is 12.1 Å². The van der Waals surface area contributed by atoms with Gasteiger partial charge in [-0.25, -0.2) is 0 Å². The lowest BCUT2D eigenvalue weighted by Crippen LogP contribution is -2.53. The molecule has 2 unspecified atom stereocenters. The quantitative estimate of drug-likeness (QED) is 0.460. The van der Waals surface area contributed by atoms with Crippen LogP contribution in [0.1, 0.15) is 44.9 Å². The van der Waals surface area contributed by atoms with E-state index in [1.807, 2.05) is 0 Å². The summed E-state index contributed by atoms with van der Waals surface area (Å²) in [4.78, 5) is 23.0. The molecule has 1 N–H and O–H groups in total. The summed E-state index contributed by atoms with van der Waals surface area (Å²) in [5.41, 5.74) is 0.618. The van der Waals surface area contributed by atoms with Crippen molar-refractivity contribution < 1.29 is 9.72 Å². The molecule has 0 heterocycles. The predicted octanol–water partition coefficient (Wildman–Crippen LogP) is 4.66. The number of nitrogens with zero attached hydrogens (tertiary/aromatic N) is 1. The number of nitro benzene ring substituents is 1. The van der Waals surface area contributed by atoms with Crippen molar-refractivity contribution >= 4 is 33.2 Å². The normalized spacial score (nSPS) is 36.5. The van der Waals surface area contributed by atoms with Gasteiger partial charge in [-0.1, -0.05) is 22.0 Å². The number of hydrogen-bond acceptors (Lipinski definition) is 3. The lowest BCUT2D eigenvalue weighted by atomic mass is 9.48. The largest absolute Gasteiger partial charge is 0.326 e. The minimum atomic E-state index is -0.441. The van der Waals surface area contributed by atoms with Crippen LogP contribution in [0, 0.1) is 27.4 Å². The molecule has 1 amide bonds. The Balaban J connectivity index is 1.47. The van der Waals surface area contributed by atoms with Gasteiger partial charge in [-0.05, 0) is 61.8 Å². The van der Waals surface area contributed by atoms with Crippen LogP contribution in [0.3, 0.4) is 0 Å². The Morgan fingerprint density at radius 1 is 1.29 bits per heavy atom. The van der Waals surface area contributed by atoms with Crippen molar-refractivity contribution in [2.24, 2.45) is 17.3 Å². The highest BCUT2D eigenvalue weighted by Gasteiger charge is 2.57. The van der Waals surface area contributed by atoms with Gasteiger partial charge in [-0.3, -0.25) is 14.9 Å². The highest BCUT2D eigenvalue weighted by Crippen LogP contribution is 2.65. The molecule has 5 nitrogen and oxygen atoms in total. The summed E-state index contributed by atoms with van der Waals surface area (Å²) >= 11 is 3.97. The number of benzene rings is 1. The summed E-state index contributed by atoms with van der Waals surface area (Å²) in [5.74, 6) is 1.47. The van der Waals surface area contributed by atoms with Crippen LogP contribution in [0.2, 0.25) is 0 Å². The number of alkyl halides is 1. The first-order valence-electron chi connectivity index (χ1n) is 8.58. The van der Waals surface area contributed by atoms with Crippen LogP contribution in [0.15, 0.2) is 24.3 Å². The number of rotatable bonds is 4. The number of hydrogen-bond donors (Lipinski definition) is 1. The fourth-order valence-corrected chi connectivity index (χ4v) is 7.30. The van der Waals surface area contributed by atoms with Crippen molar-refractivity contribution in [3.8, 4) is 0 Å². The van der Waals surface area contributed by atoms with Gasteiger partial charge < -0.3 is 5.32 Å². The highest BCUT2D eigenvalue weighted by atomic mass is 79.9. The molecule has 1 aromatic rings. The maximum atomic E-state index is 12.6. The second-order valence-electron chi connectivity index (χ2n) is 8.14. The summed E-state index contributed by atoms with van der Waals surface area (Å²) in [6.45, 7) is 0. The van der Waals surface area contributed by atoms with Crippen LogP contribution >= 0.6 is 15.9 Å². The molecule has 0 aromatic heterocycles. The summed E-state index contributed by atoms with van der Waals surface area (Å²) in [6, 6.07) is 6.16. The summed E-state index contributed by atoms with van der Waals surface area (Å²) in [7, 11) is 0. The number of anilines is 1. The van der Waals surface area contributed by atoms with Crippen molar-refractivity contribution in [2.45, 2.75) is 49.3 Å². The molecule has 24 heavy (non-hydrogen) atoms. The van der Waals surface area contributed by atoms with E-state index in [0.717, 1.165) is 31.1 Å². The Labute approximate surface area is 149 Å². The van der Waals surface area contributed by atoms with Gasteiger partial charge in [0.25, 0.3) is 5.69 Å². The van der Waals surface area contributed by atoms with Crippen LogP contribution in [0.4, 0.5) is 11.4 Å². The van der Waals surface area contributed by atoms with E-state index in [1.165, 1.54) is 31.4 Å². The molecule has 2 atom stereocenters. The van der Waals surface area contributed by atoms with Crippen LogP contribution in [0.25, 0.3) is 0 Å². The van der Waals surface area contributed by atoms with E-state index in [0.29, 0.717) is 12.1 Å². The van der Waals surface area contributed by atoms with Crippen molar-refractivity contribution in [3.63, 3.8) is 0 Å². The van der Waals surface area contributed by atoms with E-state index in [4.69, 9.17) is 0 Å². The van der Waals surface area contributed by atoms with Crippen molar-refractivity contribution in [1.82, 2.24) is 0 Å². The Morgan fingerprint density at radius 2 is 2.00 bits per heavy atom. The fraction of sp³-hybridized carbons (Fsp3) is 0.611. The molecule has 4 aliphatic rings. The van der Waals surface area contributed by atoms with E-state index in [-0.39, 0.29) is 21.3 Å². The molecule has 0 saturated heterocycles. The average Bonchev–Trinajstić information content (AvgIpc) is 2.43. The minimum Gasteiger partial charge on any atom is -0.326 e. The SMILES string of the molecule is O=C(CC12CC3CC(CC(Br)(C3)C1)C2)Nc1cccc([N+](=O)[O-])c1. The minimum absolute atomic E-state index is 0.00187. The van der Waals surface area contributed by atoms with Gasteiger partial charge in [0.2, 0.25) is 5.91 Å². The van der Waals surface area contributed by atoms with Gasteiger partial charge in [-0.15, -0.1) is 0 Å². The standard InChI is InChI=1S/C18H21BrN2O3/c19-18-8-12-4-13(9-18)7-17(6-12,11-18)10-16(22)20-14-2-1-3-15(5-14)21(23)24/h1-3,5,12-13H,4,6-11H2,(H,20,22). The summed E-state index contributed by atoms with van der Waals surface area (Å²) in [6.07, 6.45) is 7.72. The number of non-ortho nitro benzene ring substituents is 1. The molecule has 6 heteroatoms. The molecular weight excluding hydrogens is 372 g/mol. The van der Waals surface area contributed by atoms with E-state index < -0.39 is 4.92 Å². The van der Waals surface area contributed by atoms with Gasteiger partial charge >= 0.3 is 0 Å². The Kier molecular flexibility index (Phi) is 3.71. The average molecular weight is 393 g/mol. The smallest absolute Gasteiger partial charge is 0.271 e. The maximum Gasteiger partial charge on any atom is 0.271 e. The highest BCUT2D eigenvalue weighted by molar-refractivity contribution is 9.10. The van der Waals surface area contributed by atoms with Crippen molar-refractivity contribution in [2.75, 3.05) is 5.32 Å². The third-order valence-electron chi connectivity index (χ3n) is 5.99. The van der Waals surface area contributed by atoms with E-state index in [2.05, 4.69) is 21.2 Å². The fourth-order valence-electron chi connectivity index (χ4n) is 5.79. The molecule has 5 rings (SSSR count). The molecule has 4 bridgehead atoms. The molecule has 4 saturated carbocycles. The third-order valence-corrected chi connectivity index (χ3v) is 6.91. The molecule has 4 aliphatic carbocycles. The predicted molar refractivity (Wildman–Crippen MR) is 95.1 cm³/mol. The van der Waals surface area contributed by atoms with Gasteiger partial charge in [0, 0.05) is 28.6 Å². The lowest BCUT2D eigenvalue weighted by molar-refractivity contribution is -0.384. The molecule has 0 aliphatic heterocycles. The van der Waals surface area contributed by atoms with E-state index in [9.17, 15) is 14.9 Å². The number of nitro groups is 1. The number of amides is 1. The van der Waals surface area contributed by atoms with Crippen LogP contribution < -0.4 is 5.32 Å². The van der Waals surface area contributed by atoms with Gasteiger partial charge in [-0.2, -0.15) is 0 Å². The Hall–Kier alpha value is -1.43. The second-order valence-corrected chi connectivity index (χ2v) is 9.83. The summed E-state index contributed by atoms with van der Waals surface area (Å²) in [5, 5.41) is 13.7. The Morgan fingerprint density at radius 3 is 2.62 bits per heavy atom. The lowest BCUT2D eigenvalue weighted by Gasteiger charge is -2.60. The van der Waals surface area contributed by atoms with Crippen LogP contribution in [0.5, 0.6) is 0 Å². The van der Waals surface area contributed by atoms with Gasteiger partial charge in [0.15, 0.2) is 0 Å². The second kappa shape index (κ2) is 5.55. The maximum absolute atomic E-state index is 12.6. The van der Waals surface area contributed by atoms with Gasteiger partial charge in [0.1, 0.15) is 0 Å². The summed E-state index contributed by atoms with van der Waals surface area (Å²) < 4.78 is 0.239. The zero-order chi connectivity index (χ0) is 16.9. The zero-order valence-corrected chi connectivity index (χ0v) is 15.0. The van der Waals surface area contributed by atoms with Crippen LogP contribution in [-0.2, 0) is 4.79 Å². The van der Waals surface area contributed by atoms with Crippen molar-refractivity contribution in [3.05, 3.63) is 34.4 Å². The number of nitrogens with one attached hydrogen (secondary N) is 1. The molecular formula is C18H21BrN2O3. The van der Waals surface area contributed by atoms with Gasteiger partial charge in [0.05, 0.1) is 4.92 Å². The number of carbonyl (C=O) groups is 1. The Bertz CT molecular complexity index is 691. The first-order chi connectivity index (χ1) is 11.3. The number of halogens is 1. The topological polar surface area (TPSA) is 72.2 Å². The molecule has 128 valence electrons. The molecule has 0 radical (unpaired) electrons.